The quantitative estimate of drug-likeness (QED) is 0.156. The normalized spacial score (nSPS) is 9.61. The zero-order valence-electron chi connectivity index (χ0n) is 35.3. The Morgan fingerprint density at radius 2 is 0.754 bits per heavy atom. The van der Waals surface area contributed by atoms with Crippen LogP contribution in [0.15, 0.2) is 146 Å². The number of methoxy groups -OCH3 is 1. The molecule has 0 amide bonds. The van der Waals surface area contributed by atoms with E-state index in [-0.39, 0.29) is 27.8 Å². The van der Waals surface area contributed by atoms with Crippen LogP contribution in [0.3, 0.4) is 0 Å². The monoisotopic (exact) mass is 1070 g/mol. The Bertz CT molecular complexity index is 3130. The third kappa shape index (κ3) is 17.5. The zero-order chi connectivity index (χ0) is 50.5. The van der Waals surface area contributed by atoms with Gasteiger partial charge in [0.1, 0.15) is 24.3 Å². The third-order valence-electron chi connectivity index (χ3n) is 8.61. The van der Waals surface area contributed by atoms with Gasteiger partial charge in [-0.05, 0) is 94.9 Å². The van der Waals surface area contributed by atoms with Crippen LogP contribution in [0.2, 0.25) is 40.2 Å². The number of nitriles is 4. The van der Waals surface area contributed by atoms with Crippen molar-refractivity contribution in [1.82, 2.24) is 19.9 Å². The standard InChI is InChI=1S/C13H9ClN2O.2C12H6Cl2N2.C6H6BClO2.C6H2Cl2N2/c1-17-13-6-10(8-16-12(13)7-15)9-3-2-4-11(14)5-9;2*13-10-3-1-2-8(4-10)9-5-11(14)12(6-15)16-7-9;8-6-3-1-2-5(4-6)7(9)10;7-4-1-5(8)6(2-9)10-3-4/h2-6,8H,1H3;2*1-5,7H;1-4,9-10H;1,3H. The fourth-order valence-corrected chi connectivity index (χ4v) is 6.98. The van der Waals surface area contributed by atoms with Gasteiger partial charge in [0.2, 0.25) is 0 Å². The molecule has 11 nitrogen and oxygen atoms in total. The lowest BCUT2D eigenvalue weighted by atomic mass is 9.81. The van der Waals surface area contributed by atoms with Crippen LogP contribution in [-0.2, 0) is 0 Å². The van der Waals surface area contributed by atoms with Crippen LogP contribution in [0, 0.1) is 45.3 Å². The summed E-state index contributed by atoms with van der Waals surface area (Å²) in [5.41, 5.74) is 6.67. The first kappa shape index (κ1) is 55.1. The van der Waals surface area contributed by atoms with Crippen LogP contribution in [-0.4, -0.2) is 44.2 Å². The Morgan fingerprint density at radius 1 is 0.406 bits per heavy atom. The van der Waals surface area contributed by atoms with Gasteiger partial charge in [-0.25, -0.2) is 19.9 Å². The number of rotatable bonds is 5. The minimum absolute atomic E-state index is 0.200. The van der Waals surface area contributed by atoms with Crippen LogP contribution in [0.4, 0.5) is 0 Å². The maximum Gasteiger partial charge on any atom is 0.488 e. The van der Waals surface area contributed by atoms with E-state index in [1.807, 2.05) is 78.9 Å². The molecule has 20 heteroatoms. The van der Waals surface area contributed by atoms with Crippen molar-refractivity contribution < 1.29 is 14.8 Å². The molecule has 0 unspecified atom stereocenters. The first-order chi connectivity index (χ1) is 33.1. The molecule has 0 aliphatic heterocycles. The van der Waals surface area contributed by atoms with Gasteiger partial charge in [0.05, 0.1) is 27.2 Å². The van der Waals surface area contributed by atoms with Gasteiger partial charge in [-0.1, -0.05) is 141 Å². The maximum absolute atomic E-state index is 8.84. The highest BCUT2D eigenvalue weighted by molar-refractivity contribution is 6.59. The van der Waals surface area contributed by atoms with Gasteiger partial charge in [-0.3, -0.25) is 0 Å². The van der Waals surface area contributed by atoms with Crippen molar-refractivity contribution in [2.75, 3.05) is 7.11 Å². The van der Waals surface area contributed by atoms with Gasteiger partial charge >= 0.3 is 7.12 Å². The van der Waals surface area contributed by atoms with E-state index in [2.05, 4.69) is 19.9 Å². The molecule has 0 fully saturated rings. The zero-order valence-corrected chi connectivity index (χ0v) is 41.4. The molecule has 4 aromatic carbocycles. The van der Waals surface area contributed by atoms with Crippen molar-refractivity contribution in [1.29, 1.82) is 21.0 Å². The maximum atomic E-state index is 8.84. The average molecular weight is 1070 g/mol. The Labute approximate surface area is 437 Å². The van der Waals surface area contributed by atoms with Gasteiger partial charge in [0, 0.05) is 61.6 Å². The minimum Gasteiger partial charge on any atom is -0.494 e. The SMILES string of the molecule is COc1cc(-c2cccc(Cl)c2)cnc1C#N.N#Cc1ncc(-c2cccc(Cl)c2)cc1Cl.N#Cc1ncc(-c2cccc(Cl)c2)cc1Cl.N#Cc1ncc(Cl)cc1Cl.OB(O)c1cccc(Cl)c1. The molecule has 0 aliphatic carbocycles. The van der Waals surface area contributed by atoms with E-state index >= 15 is 0 Å². The second-order valence-electron chi connectivity index (χ2n) is 13.3. The topological polar surface area (TPSA) is 196 Å². The number of aromatic nitrogens is 4. The highest BCUT2D eigenvalue weighted by Gasteiger charge is 2.10. The summed E-state index contributed by atoms with van der Waals surface area (Å²) in [6, 6.07) is 42.9. The van der Waals surface area contributed by atoms with E-state index in [1.54, 1.807) is 73.2 Å². The summed E-state index contributed by atoms with van der Waals surface area (Å²) >= 11 is 46.1. The van der Waals surface area contributed by atoms with E-state index in [9.17, 15) is 0 Å². The van der Waals surface area contributed by atoms with Crippen molar-refractivity contribution in [3.63, 3.8) is 0 Å². The molecule has 342 valence electrons. The number of ether oxygens (including phenoxy) is 1. The predicted molar refractivity (Wildman–Crippen MR) is 275 cm³/mol. The predicted octanol–water partition coefficient (Wildman–Crippen LogP) is 13.4. The van der Waals surface area contributed by atoms with Gasteiger partial charge in [-0.2, -0.15) is 21.0 Å². The highest BCUT2D eigenvalue weighted by atomic mass is 35.5. The molecule has 8 rings (SSSR count). The van der Waals surface area contributed by atoms with Crippen LogP contribution >= 0.6 is 92.8 Å². The second kappa shape index (κ2) is 28.1. The first-order valence-electron chi connectivity index (χ1n) is 19.3. The van der Waals surface area contributed by atoms with Crippen LogP contribution < -0.4 is 10.2 Å². The van der Waals surface area contributed by atoms with Crippen molar-refractivity contribution in [2.24, 2.45) is 0 Å². The van der Waals surface area contributed by atoms with Crippen molar-refractivity contribution in [3.05, 3.63) is 209 Å². The van der Waals surface area contributed by atoms with Crippen molar-refractivity contribution in [2.45, 2.75) is 0 Å². The molecule has 0 atom stereocenters. The fourth-order valence-electron chi connectivity index (χ4n) is 5.37. The molecule has 0 spiro atoms. The molecule has 0 aliphatic rings. The molecule has 0 radical (unpaired) electrons. The van der Waals surface area contributed by atoms with Crippen LogP contribution in [0.1, 0.15) is 22.8 Å². The van der Waals surface area contributed by atoms with Crippen molar-refractivity contribution in [3.8, 4) is 63.4 Å². The number of pyridine rings is 4. The van der Waals surface area contributed by atoms with Crippen molar-refractivity contribution >= 4 is 105 Å². The number of halogens is 8. The summed E-state index contributed by atoms with van der Waals surface area (Å²) in [6.45, 7) is 0. The number of nitrogens with zero attached hydrogens (tertiary/aromatic N) is 8. The molecular formula is C49H29BCl8N8O3. The lowest BCUT2D eigenvalue weighted by Crippen LogP contribution is -2.29. The van der Waals surface area contributed by atoms with E-state index in [0.29, 0.717) is 46.4 Å². The fraction of sp³-hybridized carbons (Fsp3) is 0.0204. The molecule has 8 aromatic rings. The second-order valence-corrected chi connectivity index (χ2v) is 16.7. The number of benzene rings is 4. The molecule has 2 N–H and O–H groups in total. The van der Waals surface area contributed by atoms with Gasteiger partial charge in [0.15, 0.2) is 28.5 Å². The number of hydrogen-bond donors (Lipinski definition) is 2. The summed E-state index contributed by atoms with van der Waals surface area (Å²) in [6.07, 6.45) is 6.23. The lowest BCUT2D eigenvalue weighted by Gasteiger charge is -2.06. The largest absolute Gasteiger partial charge is 0.494 e. The molecular weight excluding hydrogens is 1040 g/mol. The molecule has 4 heterocycles. The summed E-state index contributed by atoms with van der Waals surface area (Å²) < 4.78 is 5.11. The van der Waals surface area contributed by atoms with E-state index in [4.69, 9.17) is 129 Å². The first-order valence-corrected chi connectivity index (χ1v) is 22.3. The highest BCUT2D eigenvalue weighted by Crippen LogP contribution is 2.29. The average Bonchev–Trinajstić information content (AvgIpc) is 3.34. The summed E-state index contributed by atoms with van der Waals surface area (Å²) in [5, 5.41) is 55.8. The third-order valence-corrected chi connectivity index (χ3v) is 10.6. The van der Waals surface area contributed by atoms with E-state index < -0.39 is 7.12 Å². The minimum atomic E-state index is -1.43. The smallest absolute Gasteiger partial charge is 0.488 e. The Hall–Kier alpha value is -6.46. The Morgan fingerprint density at radius 3 is 1.07 bits per heavy atom. The van der Waals surface area contributed by atoms with Gasteiger partial charge < -0.3 is 14.8 Å². The summed E-state index contributed by atoms with van der Waals surface area (Å²) in [4.78, 5) is 15.6. The molecule has 69 heavy (non-hydrogen) atoms. The summed E-state index contributed by atoms with van der Waals surface area (Å²) in [7, 11) is 0.0817. The lowest BCUT2D eigenvalue weighted by molar-refractivity contribution is 0.411. The van der Waals surface area contributed by atoms with Gasteiger partial charge in [-0.15, -0.1) is 0 Å². The molecule has 0 bridgehead atoms. The summed E-state index contributed by atoms with van der Waals surface area (Å²) in [5.74, 6) is 0.463. The Kier molecular flexibility index (Phi) is 22.5. The molecule has 4 aromatic heterocycles. The van der Waals surface area contributed by atoms with Crippen LogP contribution in [0.5, 0.6) is 5.75 Å². The van der Waals surface area contributed by atoms with Gasteiger partial charge in [0.25, 0.3) is 0 Å². The van der Waals surface area contributed by atoms with E-state index in [1.165, 1.54) is 25.4 Å². The van der Waals surface area contributed by atoms with E-state index in [0.717, 1.165) is 33.4 Å². The number of hydrogen-bond acceptors (Lipinski definition) is 11. The Balaban J connectivity index is 0.000000191. The molecule has 0 saturated heterocycles. The molecule has 0 saturated carbocycles. The van der Waals surface area contributed by atoms with Crippen LogP contribution in [0.25, 0.3) is 33.4 Å².